The predicted molar refractivity (Wildman–Crippen MR) is 53.1 cm³/mol. The minimum Gasteiger partial charge on any atom is -0.317 e. The highest BCUT2D eigenvalue weighted by atomic mass is 16.5. The zero-order valence-electron chi connectivity index (χ0n) is 8.38. The van der Waals surface area contributed by atoms with Gasteiger partial charge in [0.15, 0.2) is 0 Å². The van der Waals surface area contributed by atoms with Gasteiger partial charge in [-0.1, -0.05) is 0 Å². The highest BCUT2D eigenvalue weighted by Crippen LogP contribution is 2.13. The standard InChI is InChI=1S/C9H19N3O/c1-7(2)11-9(12-13)8-3-5-10-6-4-8/h7-8,10,13H,3-6H2,1-2H3,(H,11,12). The molecule has 0 aromatic heterocycles. The van der Waals surface area contributed by atoms with E-state index in [1.165, 1.54) is 0 Å². The Balaban J connectivity index is 2.53. The predicted octanol–water partition coefficient (Wildman–Crippen LogP) is 0.772. The van der Waals surface area contributed by atoms with E-state index in [0.29, 0.717) is 5.92 Å². The third kappa shape index (κ3) is 3.32. The van der Waals surface area contributed by atoms with Crippen molar-refractivity contribution in [3.63, 3.8) is 0 Å². The van der Waals surface area contributed by atoms with Crippen molar-refractivity contribution in [3.05, 3.63) is 0 Å². The molecule has 1 aliphatic rings. The molecule has 0 bridgehead atoms. The fraction of sp³-hybridized carbons (Fsp3) is 0.889. The van der Waals surface area contributed by atoms with Crippen LogP contribution >= 0.6 is 0 Å². The first-order chi connectivity index (χ1) is 6.24. The zero-order chi connectivity index (χ0) is 9.68. The maximum absolute atomic E-state index is 8.93. The first kappa shape index (κ1) is 10.5. The quantitative estimate of drug-likeness (QED) is 0.338. The first-order valence-corrected chi connectivity index (χ1v) is 4.92. The Morgan fingerprint density at radius 3 is 2.54 bits per heavy atom. The molecule has 1 saturated heterocycles. The summed E-state index contributed by atoms with van der Waals surface area (Å²) in [6.45, 7) is 6.06. The van der Waals surface area contributed by atoms with E-state index in [9.17, 15) is 0 Å². The molecule has 1 heterocycles. The number of aliphatic imine (C=N–C) groups is 1. The highest BCUT2D eigenvalue weighted by Gasteiger charge is 2.18. The number of amidine groups is 1. The summed E-state index contributed by atoms with van der Waals surface area (Å²) >= 11 is 0. The maximum Gasteiger partial charge on any atom is 0.124 e. The van der Waals surface area contributed by atoms with Gasteiger partial charge < -0.3 is 5.32 Å². The van der Waals surface area contributed by atoms with Gasteiger partial charge in [0.05, 0.1) is 0 Å². The fourth-order valence-electron chi connectivity index (χ4n) is 1.60. The summed E-state index contributed by atoms with van der Waals surface area (Å²) in [7, 11) is 0. The van der Waals surface area contributed by atoms with Crippen LogP contribution < -0.4 is 10.8 Å². The summed E-state index contributed by atoms with van der Waals surface area (Å²) in [5.41, 5.74) is 2.23. The average molecular weight is 185 g/mol. The molecule has 0 aliphatic carbocycles. The molecule has 1 fully saturated rings. The number of nitrogens with one attached hydrogen (secondary N) is 2. The molecule has 1 rings (SSSR count). The summed E-state index contributed by atoms with van der Waals surface area (Å²) in [5.74, 6) is 1.14. The van der Waals surface area contributed by atoms with Crippen molar-refractivity contribution in [3.8, 4) is 0 Å². The second-order valence-electron chi connectivity index (χ2n) is 3.74. The molecular formula is C9H19N3O. The zero-order valence-corrected chi connectivity index (χ0v) is 8.38. The van der Waals surface area contributed by atoms with Gasteiger partial charge in [-0.25, -0.2) is 0 Å². The van der Waals surface area contributed by atoms with Crippen LogP contribution in [0.2, 0.25) is 0 Å². The number of hydroxylamine groups is 1. The maximum atomic E-state index is 8.93. The molecule has 0 atom stereocenters. The molecule has 0 amide bonds. The molecule has 76 valence electrons. The number of piperidine rings is 1. The van der Waals surface area contributed by atoms with Gasteiger partial charge in [-0.3, -0.25) is 15.7 Å². The van der Waals surface area contributed by atoms with Gasteiger partial charge in [-0.15, -0.1) is 0 Å². The van der Waals surface area contributed by atoms with Crippen LogP contribution in [-0.4, -0.2) is 30.2 Å². The van der Waals surface area contributed by atoms with Crippen molar-refractivity contribution in [1.82, 2.24) is 10.8 Å². The van der Waals surface area contributed by atoms with Crippen LogP contribution in [0.4, 0.5) is 0 Å². The summed E-state index contributed by atoms with van der Waals surface area (Å²) in [6.07, 6.45) is 2.11. The van der Waals surface area contributed by atoms with Crippen molar-refractivity contribution in [1.29, 1.82) is 0 Å². The van der Waals surface area contributed by atoms with Crippen LogP contribution in [0.5, 0.6) is 0 Å². The van der Waals surface area contributed by atoms with Gasteiger partial charge in [0.1, 0.15) is 5.84 Å². The molecular weight excluding hydrogens is 166 g/mol. The van der Waals surface area contributed by atoms with Crippen LogP contribution in [0.3, 0.4) is 0 Å². The smallest absolute Gasteiger partial charge is 0.124 e. The summed E-state index contributed by atoms with van der Waals surface area (Å²) in [4.78, 5) is 4.35. The minimum absolute atomic E-state index is 0.240. The Hall–Kier alpha value is -0.610. The minimum atomic E-state index is 0.240. The van der Waals surface area contributed by atoms with Crippen molar-refractivity contribution < 1.29 is 5.21 Å². The number of rotatable bonds is 2. The van der Waals surface area contributed by atoms with Crippen molar-refractivity contribution in [2.45, 2.75) is 32.7 Å². The summed E-state index contributed by atoms with van der Waals surface area (Å²) in [6, 6.07) is 0.240. The molecule has 0 saturated carbocycles. The third-order valence-electron chi connectivity index (χ3n) is 2.24. The van der Waals surface area contributed by atoms with Gasteiger partial charge in [0.25, 0.3) is 0 Å². The van der Waals surface area contributed by atoms with E-state index >= 15 is 0 Å². The Kier molecular flexibility index (Phi) is 4.18. The van der Waals surface area contributed by atoms with Gasteiger partial charge in [-0.2, -0.15) is 0 Å². The molecule has 0 aromatic rings. The molecule has 4 heteroatoms. The van der Waals surface area contributed by atoms with E-state index in [0.717, 1.165) is 31.8 Å². The number of hydrogen-bond acceptors (Lipinski definition) is 3. The third-order valence-corrected chi connectivity index (χ3v) is 2.24. The SMILES string of the molecule is CC(C)N=C(NO)C1CCNCC1. The molecule has 4 nitrogen and oxygen atoms in total. The molecule has 0 radical (unpaired) electrons. The van der Waals surface area contributed by atoms with E-state index in [4.69, 9.17) is 5.21 Å². The molecule has 13 heavy (non-hydrogen) atoms. The fourth-order valence-corrected chi connectivity index (χ4v) is 1.60. The second-order valence-corrected chi connectivity index (χ2v) is 3.74. The van der Waals surface area contributed by atoms with Crippen LogP contribution in [0.1, 0.15) is 26.7 Å². The van der Waals surface area contributed by atoms with E-state index in [1.807, 2.05) is 13.8 Å². The van der Waals surface area contributed by atoms with Crippen LogP contribution in [0.15, 0.2) is 4.99 Å². The van der Waals surface area contributed by atoms with E-state index in [-0.39, 0.29) is 6.04 Å². The lowest BCUT2D eigenvalue weighted by atomic mass is 9.97. The lowest BCUT2D eigenvalue weighted by Crippen LogP contribution is -2.37. The highest BCUT2D eigenvalue weighted by molar-refractivity contribution is 5.83. The number of hydrogen-bond donors (Lipinski definition) is 3. The molecule has 0 spiro atoms. The lowest BCUT2D eigenvalue weighted by molar-refractivity contribution is 0.222. The Bertz CT molecular complexity index is 174. The van der Waals surface area contributed by atoms with Crippen LogP contribution in [0.25, 0.3) is 0 Å². The van der Waals surface area contributed by atoms with Gasteiger partial charge >= 0.3 is 0 Å². The molecule has 3 N–H and O–H groups in total. The Morgan fingerprint density at radius 2 is 2.08 bits per heavy atom. The normalized spacial score (nSPS) is 20.8. The Labute approximate surface area is 79.4 Å². The largest absolute Gasteiger partial charge is 0.317 e. The second kappa shape index (κ2) is 5.19. The lowest BCUT2D eigenvalue weighted by Gasteiger charge is -2.23. The van der Waals surface area contributed by atoms with Crippen LogP contribution in [-0.2, 0) is 0 Å². The Morgan fingerprint density at radius 1 is 1.46 bits per heavy atom. The molecule has 1 aliphatic heterocycles. The summed E-state index contributed by atoms with van der Waals surface area (Å²) in [5, 5.41) is 12.2. The van der Waals surface area contributed by atoms with Crippen molar-refractivity contribution in [2.75, 3.05) is 13.1 Å². The van der Waals surface area contributed by atoms with Gasteiger partial charge in [0.2, 0.25) is 0 Å². The van der Waals surface area contributed by atoms with Crippen LogP contribution in [0, 0.1) is 5.92 Å². The topological polar surface area (TPSA) is 56.7 Å². The summed E-state index contributed by atoms with van der Waals surface area (Å²) < 4.78 is 0. The first-order valence-electron chi connectivity index (χ1n) is 4.92. The van der Waals surface area contributed by atoms with E-state index < -0.39 is 0 Å². The van der Waals surface area contributed by atoms with Gasteiger partial charge in [-0.05, 0) is 39.8 Å². The van der Waals surface area contributed by atoms with E-state index in [2.05, 4.69) is 15.8 Å². The van der Waals surface area contributed by atoms with E-state index in [1.54, 1.807) is 0 Å². The van der Waals surface area contributed by atoms with Gasteiger partial charge in [0, 0.05) is 12.0 Å². The average Bonchev–Trinajstić information content (AvgIpc) is 2.15. The molecule has 0 aromatic carbocycles. The van der Waals surface area contributed by atoms with Crippen molar-refractivity contribution >= 4 is 5.84 Å². The number of nitrogens with zero attached hydrogens (tertiary/aromatic N) is 1. The molecule has 0 unspecified atom stereocenters. The van der Waals surface area contributed by atoms with Crippen molar-refractivity contribution in [2.24, 2.45) is 10.9 Å². The monoisotopic (exact) mass is 185 g/mol.